The van der Waals surface area contributed by atoms with Crippen molar-refractivity contribution in [2.75, 3.05) is 5.75 Å². The van der Waals surface area contributed by atoms with Crippen LogP contribution in [0.1, 0.15) is 16.2 Å². The standard InChI is InChI=1S/C13H10F3N3O3S/c14-13(15,16)12-18-9-2-1-7(5-10(9)19-12)11(20)17-8-3-4-23(21,22)6-8/h1-5,8H,6H2,(H,17,20)(H,18,19)/t8-/m1/s1. The van der Waals surface area contributed by atoms with Crippen LogP contribution >= 0.6 is 0 Å². The quantitative estimate of drug-likeness (QED) is 0.865. The van der Waals surface area contributed by atoms with Gasteiger partial charge in [0.25, 0.3) is 5.91 Å². The number of amides is 1. The van der Waals surface area contributed by atoms with E-state index in [-0.39, 0.29) is 22.3 Å². The number of aromatic nitrogens is 2. The van der Waals surface area contributed by atoms with Gasteiger partial charge >= 0.3 is 6.18 Å². The Balaban J connectivity index is 1.83. The van der Waals surface area contributed by atoms with E-state index in [1.807, 2.05) is 0 Å². The summed E-state index contributed by atoms with van der Waals surface area (Å²) in [6.07, 6.45) is -3.26. The van der Waals surface area contributed by atoms with E-state index < -0.39 is 33.8 Å². The number of carbonyl (C=O) groups excluding carboxylic acids is 1. The third kappa shape index (κ3) is 3.21. The summed E-state index contributed by atoms with van der Waals surface area (Å²) >= 11 is 0. The summed E-state index contributed by atoms with van der Waals surface area (Å²) in [4.78, 5) is 17.6. The highest BCUT2D eigenvalue weighted by atomic mass is 32.2. The molecule has 6 nitrogen and oxygen atoms in total. The highest BCUT2D eigenvalue weighted by molar-refractivity contribution is 7.94. The van der Waals surface area contributed by atoms with E-state index in [0.717, 1.165) is 5.41 Å². The maximum Gasteiger partial charge on any atom is 0.449 e. The van der Waals surface area contributed by atoms with Gasteiger partial charge in [0, 0.05) is 11.0 Å². The summed E-state index contributed by atoms with van der Waals surface area (Å²) in [7, 11) is -3.31. The van der Waals surface area contributed by atoms with E-state index in [1.54, 1.807) is 0 Å². The fourth-order valence-electron chi connectivity index (χ4n) is 2.20. The number of alkyl halides is 3. The summed E-state index contributed by atoms with van der Waals surface area (Å²) in [6.45, 7) is 0. The lowest BCUT2D eigenvalue weighted by Gasteiger charge is -2.09. The van der Waals surface area contributed by atoms with Crippen LogP contribution < -0.4 is 5.32 Å². The molecule has 0 bridgehead atoms. The van der Waals surface area contributed by atoms with Crippen LogP contribution in [0.4, 0.5) is 13.2 Å². The maximum atomic E-state index is 12.6. The number of sulfone groups is 1. The van der Waals surface area contributed by atoms with Gasteiger partial charge in [0.2, 0.25) is 5.82 Å². The molecule has 2 heterocycles. The van der Waals surface area contributed by atoms with Gasteiger partial charge in [-0.25, -0.2) is 13.4 Å². The molecule has 0 saturated heterocycles. The lowest BCUT2D eigenvalue weighted by Crippen LogP contribution is -2.35. The third-order valence-electron chi connectivity index (χ3n) is 3.26. The van der Waals surface area contributed by atoms with Crippen LogP contribution in [0.2, 0.25) is 0 Å². The second-order valence-electron chi connectivity index (χ2n) is 5.05. The van der Waals surface area contributed by atoms with E-state index in [2.05, 4.69) is 15.3 Å². The van der Waals surface area contributed by atoms with Gasteiger partial charge in [-0.05, 0) is 24.3 Å². The number of carbonyl (C=O) groups is 1. The Morgan fingerprint density at radius 2 is 2.09 bits per heavy atom. The van der Waals surface area contributed by atoms with Gasteiger partial charge in [0.1, 0.15) is 0 Å². The minimum absolute atomic E-state index is 0.0690. The smallest absolute Gasteiger partial charge is 0.345 e. The zero-order valence-corrected chi connectivity index (χ0v) is 12.2. The molecular formula is C13H10F3N3O3S. The molecule has 1 atom stereocenters. The first-order valence-electron chi connectivity index (χ1n) is 6.43. The van der Waals surface area contributed by atoms with E-state index >= 15 is 0 Å². The Morgan fingerprint density at radius 3 is 2.70 bits per heavy atom. The largest absolute Gasteiger partial charge is 0.449 e. The zero-order chi connectivity index (χ0) is 16.8. The predicted molar refractivity (Wildman–Crippen MR) is 75.3 cm³/mol. The van der Waals surface area contributed by atoms with Crippen molar-refractivity contribution in [3.05, 3.63) is 41.1 Å². The van der Waals surface area contributed by atoms with Crippen molar-refractivity contribution in [3.63, 3.8) is 0 Å². The maximum absolute atomic E-state index is 12.6. The number of hydrogen-bond donors (Lipinski definition) is 2. The summed E-state index contributed by atoms with van der Waals surface area (Å²) in [5, 5.41) is 3.51. The van der Waals surface area contributed by atoms with Gasteiger partial charge in [-0.1, -0.05) is 0 Å². The average Bonchev–Trinajstić information content (AvgIpc) is 3.00. The van der Waals surface area contributed by atoms with Gasteiger partial charge in [-0.3, -0.25) is 4.79 Å². The Hall–Kier alpha value is -2.36. The molecule has 0 unspecified atom stereocenters. The minimum atomic E-state index is -4.61. The molecule has 2 aromatic rings. The zero-order valence-electron chi connectivity index (χ0n) is 11.4. The highest BCUT2D eigenvalue weighted by Gasteiger charge is 2.34. The molecule has 1 aromatic carbocycles. The number of imidazole rings is 1. The van der Waals surface area contributed by atoms with E-state index in [9.17, 15) is 26.4 Å². The van der Waals surface area contributed by atoms with Crippen LogP contribution in [-0.4, -0.2) is 36.1 Å². The second-order valence-corrected chi connectivity index (χ2v) is 6.98. The lowest BCUT2D eigenvalue weighted by molar-refractivity contribution is -0.144. The van der Waals surface area contributed by atoms with E-state index in [1.165, 1.54) is 24.3 Å². The molecule has 122 valence electrons. The van der Waals surface area contributed by atoms with Crippen molar-refractivity contribution < 1.29 is 26.4 Å². The highest BCUT2D eigenvalue weighted by Crippen LogP contribution is 2.28. The Bertz CT molecular complexity index is 915. The minimum Gasteiger partial charge on any atom is -0.345 e. The monoisotopic (exact) mass is 345 g/mol. The second kappa shape index (κ2) is 5.08. The van der Waals surface area contributed by atoms with Crippen LogP contribution in [-0.2, 0) is 16.0 Å². The van der Waals surface area contributed by atoms with Gasteiger partial charge in [0.05, 0.1) is 22.8 Å². The molecule has 3 rings (SSSR count). The first-order valence-corrected chi connectivity index (χ1v) is 8.14. The number of rotatable bonds is 2. The van der Waals surface area contributed by atoms with Crippen LogP contribution in [0.15, 0.2) is 29.7 Å². The molecule has 10 heteroatoms. The molecule has 1 aliphatic rings. The number of fused-ring (bicyclic) bond motifs is 1. The molecule has 0 radical (unpaired) electrons. The summed E-state index contributed by atoms with van der Waals surface area (Å²) in [6, 6.07) is 3.19. The molecule has 2 N–H and O–H groups in total. The first kappa shape index (κ1) is 15.5. The normalized spacial score (nSPS) is 20.0. The van der Waals surface area contributed by atoms with E-state index in [4.69, 9.17) is 0 Å². The molecular weight excluding hydrogens is 335 g/mol. The van der Waals surface area contributed by atoms with Gasteiger partial charge in [0.15, 0.2) is 9.84 Å². The predicted octanol–water partition coefficient (Wildman–Crippen LogP) is 1.62. The topological polar surface area (TPSA) is 91.9 Å². The average molecular weight is 345 g/mol. The number of H-pyrrole nitrogens is 1. The Kier molecular flexibility index (Phi) is 3.43. The van der Waals surface area contributed by atoms with Crippen molar-refractivity contribution in [1.29, 1.82) is 0 Å². The number of aromatic amines is 1. The number of nitrogens with one attached hydrogen (secondary N) is 2. The Morgan fingerprint density at radius 1 is 1.35 bits per heavy atom. The van der Waals surface area contributed by atoms with Crippen LogP contribution in [0, 0.1) is 0 Å². The molecule has 0 aliphatic carbocycles. The fraction of sp³-hybridized carbons (Fsp3) is 0.231. The van der Waals surface area contributed by atoms with Crippen LogP contribution in [0.5, 0.6) is 0 Å². The van der Waals surface area contributed by atoms with Gasteiger partial charge in [-0.2, -0.15) is 13.2 Å². The number of nitrogens with zero attached hydrogens (tertiary/aromatic N) is 1. The van der Waals surface area contributed by atoms with Crippen LogP contribution in [0.3, 0.4) is 0 Å². The summed E-state index contributed by atoms with van der Waals surface area (Å²) in [5.74, 6) is -1.96. The van der Waals surface area contributed by atoms with Crippen molar-refractivity contribution in [2.24, 2.45) is 0 Å². The van der Waals surface area contributed by atoms with Crippen molar-refractivity contribution in [1.82, 2.24) is 15.3 Å². The number of halogens is 3. The number of hydrogen-bond acceptors (Lipinski definition) is 4. The molecule has 1 aliphatic heterocycles. The SMILES string of the molecule is O=C(N[C@@H]1C=CS(=O)(=O)C1)c1ccc2nc(C(F)(F)F)[nH]c2c1. The Labute approximate surface area is 128 Å². The van der Waals surface area contributed by atoms with E-state index in [0.29, 0.717) is 0 Å². The summed E-state index contributed by atoms with van der Waals surface area (Å²) in [5.41, 5.74) is 0.254. The molecule has 0 fully saturated rings. The fourth-order valence-corrected chi connectivity index (χ4v) is 3.44. The molecule has 23 heavy (non-hydrogen) atoms. The number of benzene rings is 1. The van der Waals surface area contributed by atoms with Gasteiger partial charge in [-0.15, -0.1) is 0 Å². The first-order chi connectivity index (χ1) is 10.6. The molecule has 1 amide bonds. The van der Waals surface area contributed by atoms with Crippen molar-refractivity contribution in [2.45, 2.75) is 12.2 Å². The van der Waals surface area contributed by atoms with Crippen molar-refractivity contribution in [3.8, 4) is 0 Å². The van der Waals surface area contributed by atoms with Gasteiger partial charge < -0.3 is 10.3 Å². The van der Waals surface area contributed by atoms with Crippen molar-refractivity contribution >= 4 is 26.8 Å². The lowest BCUT2D eigenvalue weighted by atomic mass is 10.2. The molecule has 1 aromatic heterocycles. The summed E-state index contributed by atoms with van der Waals surface area (Å²) < 4.78 is 60.3. The molecule has 0 spiro atoms. The third-order valence-corrected chi connectivity index (χ3v) is 4.65. The van der Waals surface area contributed by atoms with Crippen LogP contribution in [0.25, 0.3) is 11.0 Å². The molecule has 0 saturated carbocycles.